The Morgan fingerprint density at radius 2 is 2.40 bits per heavy atom. The minimum absolute atomic E-state index is 0. The molecule has 1 aromatic heterocycles. The summed E-state index contributed by atoms with van der Waals surface area (Å²) in [6, 6.07) is 2.06. The first-order valence-electron chi connectivity index (χ1n) is 6.78. The molecule has 7 heteroatoms. The Kier molecular flexibility index (Phi) is 6.98. The second-order valence-electron chi connectivity index (χ2n) is 4.86. The summed E-state index contributed by atoms with van der Waals surface area (Å²) in [6.45, 7) is 7.52. The van der Waals surface area contributed by atoms with E-state index in [0.717, 1.165) is 30.9 Å². The number of hydrogen-bond acceptors (Lipinski definition) is 4. The smallest absolute Gasteiger partial charge is 0.250 e. The predicted octanol–water partition coefficient (Wildman–Crippen LogP) is 0.416. The number of ether oxygens (including phenoxy) is 1. The lowest BCUT2D eigenvalue weighted by Crippen LogP contribution is -2.48. The summed E-state index contributed by atoms with van der Waals surface area (Å²) in [5.74, 6) is -0.0273. The van der Waals surface area contributed by atoms with Crippen molar-refractivity contribution in [2.45, 2.75) is 32.9 Å². The molecular formula is C13H23ClN4O2. The summed E-state index contributed by atoms with van der Waals surface area (Å²) in [5, 5.41) is 10.4. The Morgan fingerprint density at radius 3 is 3.00 bits per heavy atom. The van der Waals surface area contributed by atoms with Crippen LogP contribution in [0, 0.1) is 13.8 Å². The molecule has 1 aliphatic rings. The Balaban J connectivity index is 0.00000200. The maximum Gasteiger partial charge on any atom is 0.250 e. The van der Waals surface area contributed by atoms with Crippen LogP contribution in [-0.2, 0) is 16.1 Å². The van der Waals surface area contributed by atoms with E-state index in [9.17, 15) is 4.79 Å². The van der Waals surface area contributed by atoms with Crippen molar-refractivity contribution in [2.75, 3.05) is 26.2 Å². The topological polar surface area (TPSA) is 68.2 Å². The number of nitrogens with zero attached hydrogens (tertiary/aromatic N) is 2. The Labute approximate surface area is 125 Å². The lowest BCUT2D eigenvalue weighted by Gasteiger charge is -2.22. The highest BCUT2D eigenvalue weighted by Gasteiger charge is 2.20. The second-order valence-corrected chi connectivity index (χ2v) is 4.86. The van der Waals surface area contributed by atoms with Crippen LogP contribution in [0.1, 0.15) is 17.8 Å². The fourth-order valence-corrected chi connectivity index (χ4v) is 2.19. The molecule has 1 aliphatic heterocycles. The molecule has 0 radical (unpaired) electrons. The zero-order valence-electron chi connectivity index (χ0n) is 12.0. The SMILES string of the molecule is Cc1cc(C)n(CCCNC(=O)C2CNCCO2)n1.Cl. The average Bonchev–Trinajstić information content (AvgIpc) is 2.74. The first-order valence-corrected chi connectivity index (χ1v) is 6.78. The van der Waals surface area contributed by atoms with E-state index in [1.807, 2.05) is 18.5 Å². The predicted molar refractivity (Wildman–Crippen MR) is 79.2 cm³/mol. The van der Waals surface area contributed by atoms with Gasteiger partial charge in [-0.2, -0.15) is 5.10 Å². The molecule has 2 heterocycles. The largest absolute Gasteiger partial charge is 0.366 e. The van der Waals surface area contributed by atoms with Crippen LogP contribution < -0.4 is 10.6 Å². The van der Waals surface area contributed by atoms with Gasteiger partial charge in [0.1, 0.15) is 6.10 Å². The zero-order valence-corrected chi connectivity index (χ0v) is 12.8. The van der Waals surface area contributed by atoms with E-state index >= 15 is 0 Å². The van der Waals surface area contributed by atoms with E-state index < -0.39 is 0 Å². The molecule has 0 aromatic carbocycles. The van der Waals surface area contributed by atoms with Gasteiger partial charge in [0.25, 0.3) is 0 Å². The number of aryl methyl sites for hydroxylation is 3. The fraction of sp³-hybridized carbons (Fsp3) is 0.692. The van der Waals surface area contributed by atoms with Crippen molar-refractivity contribution in [1.82, 2.24) is 20.4 Å². The Morgan fingerprint density at radius 1 is 1.60 bits per heavy atom. The standard InChI is InChI=1S/C13H22N4O2.ClH/c1-10-8-11(2)17(16-10)6-3-4-15-13(18)12-9-14-5-7-19-12;/h8,12,14H,3-7,9H2,1-2H3,(H,15,18);1H. The van der Waals surface area contributed by atoms with Gasteiger partial charge in [0.15, 0.2) is 0 Å². The quantitative estimate of drug-likeness (QED) is 0.774. The number of aromatic nitrogens is 2. The van der Waals surface area contributed by atoms with Gasteiger partial charge in [-0.15, -0.1) is 12.4 Å². The molecule has 6 nitrogen and oxygen atoms in total. The Bertz CT molecular complexity index is 430. The first-order chi connectivity index (χ1) is 9.16. The number of halogens is 1. The highest BCUT2D eigenvalue weighted by atomic mass is 35.5. The first kappa shape index (κ1) is 16.9. The number of hydrogen-bond donors (Lipinski definition) is 2. The summed E-state index contributed by atoms with van der Waals surface area (Å²) in [6.07, 6.45) is 0.524. The van der Waals surface area contributed by atoms with Crippen molar-refractivity contribution in [3.05, 3.63) is 17.5 Å². The maximum absolute atomic E-state index is 11.8. The summed E-state index contributed by atoms with van der Waals surface area (Å²) >= 11 is 0. The van der Waals surface area contributed by atoms with Crippen molar-refractivity contribution in [3.8, 4) is 0 Å². The molecule has 1 fully saturated rings. The minimum atomic E-state index is -0.345. The van der Waals surface area contributed by atoms with Crippen LogP contribution >= 0.6 is 12.4 Å². The van der Waals surface area contributed by atoms with Crippen LogP contribution in [0.5, 0.6) is 0 Å². The van der Waals surface area contributed by atoms with Gasteiger partial charge < -0.3 is 15.4 Å². The van der Waals surface area contributed by atoms with Gasteiger partial charge >= 0.3 is 0 Å². The van der Waals surface area contributed by atoms with Crippen molar-refractivity contribution in [2.24, 2.45) is 0 Å². The Hall–Kier alpha value is -1.11. The molecule has 114 valence electrons. The van der Waals surface area contributed by atoms with Crippen molar-refractivity contribution >= 4 is 18.3 Å². The van der Waals surface area contributed by atoms with Gasteiger partial charge in [0.2, 0.25) is 5.91 Å². The lowest BCUT2D eigenvalue weighted by atomic mass is 10.3. The molecule has 1 atom stereocenters. The van der Waals surface area contributed by atoms with Gasteiger partial charge in [0.05, 0.1) is 12.3 Å². The van der Waals surface area contributed by atoms with Crippen LogP contribution in [0.4, 0.5) is 0 Å². The molecule has 20 heavy (non-hydrogen) atoms. The third kappa shape index (κ3) is 4.77. The number of nitrogens with one attached hydrogen (secondary N) is 2. The van der Waals surface area contributed by atoms with Gasteiger partial charge in [0, 0.05) is 31.9 Å². The lowest BCUT2D eigenvalue weighted by molar-refractivity contribution is -0.134. The van der Waals surface area contributed by atoms with Gasteiger partial charge in [-0.25, -0.2) is 0 Å². The van der Waals surface area contributed by atoms with Crippen molar-refractivity contribution in [3.63, 3.8) is 0 Å². The van der Waals surface area contributed by atoms with Crippen LogP contribution in [0.15, 0.2) is 6.07 Å². The van der Waals surface area contributed by atoms with E-state index in [1.165, 1.54) is 0 Å². The molecule has 0 aliphatic carbocycles. The van der Waals surface area contributed by atoms with Crippen molar-refractivity contribution in [1.29, 1.82) is 0 Å². The number of amides is 1. The molecule has 2 rings (SSSR count). The van der Waals surface area contributed by atoms with Crippen LogP contribution in [0.25, 0.3) is 0 Å². The van der Waals surface area contributed by atoms with Crippen molar-refractivity contribution < 1.29 is 9.53 Å². The highest BCUT2D eigenvalue weighted by molar-refractivity contribution is 5.85. The molecule has 0 bridgehead atoms. The minimum Gasteiger partial charge on any atom is -0.366 e. The van der Waals surface area contributed by atoms with Gasteiger partial charge in [-0.1, -0.05) is 0 Å². The van der Waals surface area contributed by atoms with Gasteiger partial charge in [-0.05, 0) is 26.3 Å². The third-order valence-electron chi connectivity index (χ3n) is 3.17. The summed E-state index contributed by atoms with van der Waals surface area (Å²) in [7, 11) is 0. The molecule has 1 saturated heterocycles. The van der Waals surface area contributed by atoms with Crippen LogP contribution in [0.3, 0.4) is 0 Å². The van der Waals surface area contributed by atoms with E-state index in [1.54, 1.807) is 0 Å². The second kappa shape index (κ2) is 8.24. The molecule has 1 aromatic rings. The molecule has 0 spiro atoms. The summed E-state index contributed by atoms with van der Waals surface area (Å²) in [5.41, 5.74) is 2.19. The highest BCUT2D eigenvalue weighted by Crippen LogP contribution is 2.02. The normalized spacial score (nSPS) is 18.4. The molecule has 0 saturated carbocycles. The molecule has 2 N–H and O–H groups in total. The number of rotatable bonds is 5. The maximum atomic E-state index is 11.8. The summed E-state index contributed by atoms with van der Waals surface area (Å²) in [4.78, 5) is 11.8. The number of carbonyl (C=O) groups excluding carboxylic acids is 1. The molecular weight excluding hydrogens is 280 g/mol. The fourth-order valence-electron chi connectivity index (χ4n) is 2.19. The zero-order chi connectivity index (χ0) is 13.7. The van der Waals surface area contributed by atoms with E-state index in [4.69, 9.17) is 4.74 Å². The van der Waals surface area contributed by atoms with E-state index in [2.05, 4.69) is 21.8 Å². The summed E-state index contributed by atoms with van der Waals surface area (Å²) < 4.78 is 7.36. The monoisotopic (exact) mass is 302 g/mol. The number of morpholine rings is 1. The van der Waals surface area contributed by atoms with E-state index in [0.29, 0.717) is 19.7 Å². The average molecular weight is 303 g/mol. The van der Waals surface area contributed by atoms with E-state index in [-0.39, 0.29) is 24.4 Å². The molecule has 1 amide bonds. The van der Waals surface area contributed by atoms with Crippen LogP contribution in [-0.4, -0.2) is 48.0 Å². The number of carbonyl (C=O) groups is 1. The van der Waals surface area contributed by atoms with Crippen LogP contribution in [0.2, 0.25) is 0 Å². The van der Waals surface area contributed by atoms with Gasteiger partial charge in [-0.3, -0.25) is 9.48 Å². The molecule has 1 unspecified atom stereocenters. The third-order valence-corrected chi connectivity index (χ3v) is 3.17.